The lowest BCUT2D eigenvalue weighted by atomic mass is 9.89. The number of pyridine rings is 2. The van der Waals surface area contributed by atoms with E-state index < -0.39 is 0 Å². The predicted octanol–water partition coefficient (Wildman–Crippen LogP) is 5.78. The Labute approximate surface area is 234 Å². The first kappa shape index (κ1) is 27.8. The lowest BCUT2D eigenvalue weighted by Crippen LogP contribution is -2.36. The molecule has 1 fully saturated rings. The molecule has 1 saturated heterocycles. The van der Waals surface area contributed by atoms with Crippen LogP contribution in [-0.2, 0) is 13.0 Å². The lowest BCUT2D eigenvalue weighted by Gasteiger charge is -2.36. The first-order valence-corrected chi connectivity index (χ1v) is 14.0. The first-order chi connectivity index (χ1) is 19.3. The normalized spacial score (nSPS) is 15.4. The highest BCUT2D eigenvalue weighted by Gasteiger charge is 2.29. The van der Waals surface area contributed by atoms with Gasteiger partial charge < -0.3 is 14.3 Å². The fourth-order valence-corrected chi connectivity index (χ4v) is 6.31. The molecule has 0 saturated carbocycles. The number of fused-ring (bicyclic) bond motifs is 1. The Kier molecular flexibility index (Phi) is 8.17. The number of hydrogen-bond donors (Lipinski definition) is 1. The number of nitrogens with zero attached hydrogens (tertiary/aromatic N) is 3. The summed E-state index contributed by atoms with van der Waals surface area (Å²) in [6.07, 6.45) is 5.44. The molecule has 0 bridgehead atoms. The monoisotopic (exact) mass is 544 g/mol. The molecule has 1 aromatic carbocycles. The molecule has 4 aromatic rings. The van der Waals surface area contributed by atoms with Crippen LogP contribution in [0.2, 0.25) is 0 Å². The van der Waals surface area contributed by atoms with Crippen molar-refractivity contribution in [3.8, 4) is 5.75 Å². The Morgan fingerprint density at radius 2 is 1.95 bits per heavy atom. The predicted molar refractivity (Wildman–Crippen MR) is 155 cm³/mol. The number of hydrogen-bond acceptors (Lipinski definition) is 5. The van der Waals surface area contributed by atoms with Gasteiger partial charge in [-0.3, -0.25) is 19.5 Å². The molecule has 7 nitrogen and oxygen atoms in total. The molecule has 1 aliphatic rings. The van der Waals surface area contributed by atoms with Gasteiger partial charge in [0.15, 0.2) is 5.78 Å². The van der Waals surface area contributed by atoms with Gasteiger partial charge in [0.25, 0.3) is 5.56 Å². The number of methoxy groups -OCH3 is 1. The van der Waals surface area contributed by atoms with E-state index in [4.69, 9.17) is 4.74 Å². The number of halogens is 1. The van der Waals surface area contributed by atoms with Gasteiger partial charge in [0.1, 0.15) is 11.6 Å². The zero-order valence-corrected chi connectivity index (χ0v) is 23.7. The minimum absolute atomic E-state index is 0.0240. The van der Waals surface area contributed by atoms with Gasteiger partial charge in [-0.1, -0.05) is 18.2 Å². The number of nitrogens with one attached hydrogen (secondary N) is 1. The molecule has 4 heterocycles. The molecule has 8 heteroatoms. The highest BCUT2D eigenvalue weighted by molar-refractivity contribution is 6.09. The molecular weight excluding hydrogens is 507 g/mol. The van der Waals surface area contributed by atoms with Crippen LogP contribution in [0.5, 0.6) is 5.75 Å². The lowest BCUT2D eigenvalue weighted by molar-refractivity contribution is 0.0983. The largest absolute Gasteiger partial charge is 0.496 e. The van der Waals surface area contributed by atoms with Crippen LogP contribution in [-0.4, -0.2) is 45.4 Å². The molecule has 0 unspecified atom stereocenters. The van der Waals surface area contributed by atoms with E-state index in [0.29, 0.717) is 35.8 Å². The summed E-state index contributed by atoms with van der Waals surface area (Å²) < 4.78 is 21.9. The molecule has 1 atom stereocenters. The maximum Gasteiger partial charge on any atom is 0.255 e. The van der Waals surface area contributed by atoms with Gasteiger partial charge in [-0.15, -0.1) is 0 Å². The SMILES string of the molecule is COc1cc(C)[nH]c(=O)c1CCC(=O)c1c(C)n([C@H](C)C2CCN(Cc3ccncc3F)CC2)c2ccccc12. The van der Waals surface area contributed by atoms with Crippen LogP contribution >= 0.6 is 0 Å². The number of carbonyl (C=O) groups is 1. The molecular formula is C32H37FN4O3. The molecule has 5 rings (SSSR count). The average molecular weight is 545 g/mol. The van der Waals surface area contributed by atoms with E-state index in [1.807, 2.05) is 32.0 Å². The van der Waals surface area contributed by atoms with Crippen molar-refractivity contribution in [2.45, 2.75) is 59.0 Å². The van der Waals surface area contributed by atoms with Gasteiger partial charge in [-0.25, -0.2) is 4.39 Å². The Hall–Kier alpha value is -3.78. The second-order valence-corrected chi connectivity index (χ2v) is 10.9. The van der Waals surface area contributed by atoms with E-state index in [2.05, 4.69) is 32.4 Å². The number of aromatic amines is 1. The second kappa shape index (κ2) is 11.8. The highest BCUT2D eigenvalue weighted by Crippen LogP contribution is 2.36. The number of likely N-dealkylation sites (tertiary alicyclic amines) is 1. The van der Waals surface area contributed by atoms with Crippen molar-refractivity contribution in [2.24, 2.45) is 5.92 Å². The number of aryl methyl sites for hydroxylation is 1. The van der Waals surface area contributed by atoms with E-state index in [0.717, 1.165) is 53.8 Å². The third-order valence-electron chi connectivity index (χ3n) is 8.46. The number of aromatic nitrogens is 3. The van der Waals surface area contributed by atoms with Crippen LogP contribution in [0.15, 0.2) is 53.6 Å². The third-order valence-corrected chi connectivity index (χ3v) is 8.46. The van der Waals surface area contributed by atoms with Gasteiger partial charge in [-0.05, 0) is 77.2 Å². The van der Waals surface area contributed by atoms with Crippen LogP contribution in [0, 0.1) is 25.6 Å². The maximum absolute atomic E-state index is 14.1. The standard InChI is InChI=1S/C32H37FN4O3/c1-20-17-30(40-4)26(32(39)35-20)9-10-29(38)31-22(3)37(28-8-6-5-7-25(28)31)21(2)23-12-15-36(16-13-23)19-24-11-14-34-18-27(24)33/h5-8,11,14,17-18,21,23H,9-10,12-13,15-16,19H2,1-4H3,(H,35,39)/t21-/m1/s1. The van der Waals surface area contributed by atoms with Gasteiger partial charge in [-0.2, -0.15) is 0 Å². The molecule has 210 valence electrons. The van der Waals surface area contributed by atoms with Crippen molar-refractivity contribution in [2.75, 3.05) is 20.2 Å². The van der Waals surface area contributed by atoms with Gasteiger partial charge >= 0.3 is 0 Å². The summed E-state index contributed by atoms with van der Waals surface area (Å²) in [6, 6.07) is 11.8. The highest BCUT2D eigenvalue weighted by atomic mass is 19.1. The van der Waals surface area contributed by atoms with Crippen molar-refractivity contribution < 1.29 is 13.9 Å². The van der Waals surface area contributed by atoms with E-state index in [1.54, 1.807) is 25.4 Å². The molecule has 0 spiro atoms. The van der Waals surface area contributed by atoms with Crippen LogP contribution in [0.3, 0.4) is 0 Å². The smallest absolute Gasteiger partial charge is 0.255 e. The van der Waals surface area contributed by atoms with Gasteiger partial charge in [0, 0.05) is 58.6 Å². The van der Waals surface area contributed by atoms with Crippen molar-refractivity contribution in [3.05, 3.63) is 93.0 Å². The number of Topliss-reactive ketones (excluding diaryl/α,β-unsaturated/α-hetero) is 1. The summed E-state index contributed by atoms with van der Waals surface area (Å²) in [5.74, 6) is 0.720. The second-order valence-electron chi connectivity index (χ2n) is 10.9. The van der Waals surface area contributed by atoms with Crippen LogP contribution < -0.4 is 10.3 Å². The minimum atomic E-state index is -0.255. The topological polar surface area (TPSA) is 80.2 Å². The summed E-state index contributed by atoms with van der Waals surface area (Å²) in [7, 11) is 1.54. The summed E-state index contributed by atoms with van der Waals surface area (Å²) in [4.78, 5) is 35.2. The quantitative estimate of drug-likeness (QED) is 0.270. The van der Waals surface area contributed by atoms with E-state index in [-0.39, 0.29) is 29.6 Å². The summed E-state index contributed by atoms with van der Waals surface area (Å²) in [6.45, 7) is 8.47. The molecule has 1 aliphatic heterocycles. The minimum Gasteiger partial charge on any atom is -0.496 e. The Bertz CT molecular complexity index is 1580. The Balaban J connectivity index is 1.34. The van der Waals surface area contributed by atoms with Crippen molar-refractivity contribution >= 4 is 16.7 Å². The molecule has 40 heavy (non-hydrogen) atoms. The van der Waals surface area contributed by atoms with E-state index in [9.17, 15) is 14.0 Å². The average Bonchev–Trinajstić information content (AvgIpc) is 3.25. The van der Waals surface area contributed by atoms with Gasteiger partial charge in [0.2, 0.25) is 0 Å². The summed E-state index contributed by atoms with van der Waals surface area (Å²) in [5.41, 5.74) is 4.44. The molecule has 0 radical (unpaired) electrons. The summed E-state index contributed by atoms with van der Waals surface area (Å²) >= 11 is 0. The number of para-hydroxylation sites is 1. The van der Waals surface area contributed by atoms with E-state index in [1.165, 1.54) is 6.20 Å². The Morgan fingerprint density at radius 3 is 2.67 bits per heavy atom. The van der Waals surface area contributed by atoms with E-state index >= 15 is 0 Å². The Morgan fingerprint density at radius 1 is 1.20 bits per heavy atom. The number of H-pyrrole nitrogens is 1. The molecule has 0 amide bonds. The number of carbonyl (C=O) groups excluding carboxylic acids is 1. The van der Waals surface area contributed by atoms with Gasteiger partial charge in [0.05, 0.1) is 18.9 Å². The zero-order chi connectivity index (χ0) is 28.4. The zero-order valence-electron chi connectivity index (χ0n) is 23.7. The fourth-order valence-electron chi connectivity index (χ4n) is 6.31. The number of rotatable bonds is 9. The maximum atomic E-state index is 14.1. The fraction of sp³-hybridized carbons (Fsp3) is 0.406. The third kappa shape index (κ3) is 5.45. The number of ether oxygens (including phenoxy) is 1. The first-order valence-electron chi connectivity index (χ1n) is 14.0. The van der Waals surface area contributed by atoms with Crippen LogP contribution in [0.1, 0.15) is 65.1 Å². The van der Waals surface area contributed by atoms with Crippen molar-refractivity contribution in [3.63, 3.8) is 0 Å². The molecule has 3 aromatic heterocycles. The van der Waals surface area contributed by atoms with Crippen molar-refractivity contribution in [1.82, 2.24) is 19.4 Å². The van der Waals surface area contributed by atoms with Crippen molar-refractivity contribution in [1.29, 1.82) is 0 Å². The number of benzene rings is 1. The number of ketones is 1. The molecule has 0 aliphatic carbocycles. The molecule has 1 N–H and O–H groups in total. The summed E-state index contributed by atoms with van der Waals surface area (Å²) in [5, 5.41) is 0.951. The van der Waals surface area contributed by atoms with Crippen LogP contribution in [0.25, 0.3) is 10.9 Å². The van der Waals surface area contributed by atoms with Crippen LogP contribution in [0.4, 0.5) is 4.39 Å². The number of piperidine rings is 1.